The van der Waals surface area contributed by atoms with Crippen molar-refractivity contribution in [2.75, 3.05) is 6.61 Å². The molecule has 2 rings (SSSR count). The zero-order chi connectivity index (χ0) is 17.5. The van der Waals surface area contributed by atoms with Crippen molar-refractivity contribution in [3.05, 3.63) is 35.9 Å². The number of carbonyl (C=O) groups is 3. The number of urea groups is 1. The average Bonchev–Trinajstić information content (AvgIpc) is 3.00. The van der Waals surface area contributed by atoms with Gasteiger partial charge >= 0.3 is 12.0 Å². The summed E-state index contributed by atoms with van der Waals surface area (Å²) in [5, 5.41) is 5.43. The Morgan fingerprint density at radius 2 is 1.96 bits per heavy atom. The van der Waals surface area contributed by atoms with Crippen molar-refractivity contribution in [3.8, 4) is 0 Å². The first-order valence-corrected chi connectivity index (χ1v) is 8.09. The molecule has 1 aliphatic rings. The van der Waals surface area contributed by atoms with Crippen LogP contribution in [0.15, 0.2) is 30.3 Å². The van der Waals surface area contributed by atoms with Crippen molar-refractivity contribution in [2.24, 2.45) is 11.7 Å². The van der Waals surface area contributed by atoms with E-state index in [1.807, 2.05) is 6.07 Å². The van der Waals surface area contributed by atoms with Crippen LogP contribution >= 0.6 is 0 Å². The molecule has 4 N–H and O–H groups in total. The van der Waals surface area contributed by atoms with Crippen molar-refractivity contribution in [2.45, 2.75) is 38.3 Å². The Labute approximate surface area is 140 Å². The predicted octanol–water partition coefficient (Wildman–Crippen LogP) is 1.19. The molecule has 7 nitrogen and oxygen atoms in total. The van der Waals surface area contributed by atoms with Crippen LogP contribution in [0.2, 0.25) is 0 Å². The smallest absolute Gasteiger partial charge is 0.328 e. The summed E-state index contributed by atoms with van der Waals surface area (Å²) in [6.07, 6.45) is 1.98. The lowest BCUT2D eigenvalue weighted by Gasteiger charge is -2.23. The minimum Gasteiger partial charge on any atom is -0.464 e. The summed E-state index contributed by atoms with van der Waals surface area (Å²) in [6.45, 7) is 1.96. The lowest BCUT2D eigenvalue weighted by Crippen LogP contribution is -2.47. The Morgan fingerprint density at radius 1 is 1.25 bits per heavy atom. The maximum absolute atomic E-state index is 12.4. The number of nitrogens with one attached hydrogen (secondary N) is 2. The van der Waals surface area contributed by atoms with Crippen LogP contribution in [0.5, 0.6) is 0 Å². The van der Waals surface area contributed by atoms with Crippen LogP contribution in [0.25, 0.3) is 0 Å². The van der Waals surface area contributed by atoms with E-state index in [1.54, 1.807) is 31.2 Å². The molecule has 1 aromatic rings. The Morgan fingerprint density at radius 3 is 2.58 bits per heavy atom. The second kappa shape index (κ2) is 8.33. The number of benzene rings is 1. The van der Waals surface area contributed by atoms with Gasteiger partial charge in [-0.1, -0.05) is 18.2 Å². The Balaban J connectivity index is 2.07. The minimum absolute atomic E-state index is 0.0851. The zero-order valence-corrected chi connectivity index (χ0v) is 13.7. The van der Waals surface area contributed by atoms with Crippen molar-refractivity contribution in [1.29, 1.82) is 0 Å². The van der Waals surface area contributed by atoms with Gasteiger partial charge in [0.1, 0.15) is 6.04 Å². The summed E-state index contributed by atoms with van der Waals surface area (Å²) in [7, 11) is 0. The van der Waals surface area contributed by atoms with Crippen LogP contribution in [0.1, 0.15) is 36.5 Å². The first-order chi connectivity index (χ1) is 11.5. The molecule has 3 amide bonds. The Hall–Kier alpha value is -2.57. The molecule has 0 aromatic heterocycles. The fourth-order valence-corrected chi connectivity index (χ4v) is 3.07. The van der Waals surface area contributed by atoms with Crippen LogP contribution in [0.3, 0.4) is 0 Å². The van der Waals surface area contributed by atoms with Gasteiger partial charge in [0.2, 0.25) is 0 Å². The van der Waals surface area contributed by atoms with E-state index >= 15 is 0 Å². The highest BCUT2D eigenvalue weighted by Gasteiger charge is 2.37. The van der Waals surface area contributed by atoms with Crippen LogP contribution in [-0.2, 0) is 9.53 Å². The van der Waals surface area contributed by atoms with E-state index in [9.17, 15) is 14.4 Å². The van der Waals surface area contributed by atoms with E-state index in [-0.39, 0.29) is 24.5 Å². The van der Waals surface area contributed by atoms with Crippen molar-refractivity contribution in [1.82, 2.24) is 10.6 Å². The van der Waals surface area contributed by atoms with Crippen molar-refractivity contribution in [3.63, 3.8) is 0 Å². The summed E-state index contributed by atoms with van der Waals surface area (Å²) < 4.78 is 5.10. The van der Waals surface area contributed by atoms with Gasteiger partial charge in [-0.25, -0.2) is 9.59 Å². The van der Waals surface area contributed by atoms with E-state index in [0.29, 0.717) is 24.8 Å². The van der Waals surface area contributed by atoms with Crippen LogP contribution in [-0.4, -0.2) is 36.6 Å². The maximum Gasteiger partial charge on any atom is 0.328 e. The number of esters is 1. The molecule has 0 bridgehead atoms. The lowest BCUT2D eigenvalue weighted by molar-refractivity contribution is -0.146. The number of primary amides is 1. The summed E-state index contributed by atoms with van der Waals surface area (Å²) in [4.78, 5) is 35.6. The van der Waals surface area contributed by atoms with Gasteiger partial charge in [-0.15, -0.1) is 0 Å². The van der Waals surface area contributed by atoms with Gasteiger partial charge in [0.15, 0.2) is 0 Å². The van der Waals surface area contributed by atoms with E-state index in [1.165, 1.54) is 0 Å². The molecule has 130 valence electrons. The molecule has 1 fully saturated rings. The topological polar surface area (TPSA) is 111 Å². The third-order valence-electron chi connectivity index (χ3n) is 4.15. The highest BCUT2D eigenvalue weighted by molar-refractivity contribution is 5.96. The number of amides is 3. The standard InChI is InChI=1S/C17H23N3O4/c1-2-24-16(22)14(12-8-9-13(10-12)19-17(18)23)20-15(21)11-6-4-3-5-7-11/h3-7,12-14H,2,8-10H2,1H3,(H,20,21)(H3,18,19,23)/t12-,13+,14-/m1/s1. The van der Waals surface area contributed by atoms with Crippen molar-refractivity contribution < 1.29 is 19.1 Å². The second-order valence-electron chi connectivity index (χ2n) is 5.85. The fraction of sp³-hybridized carbons (Fsp3) is 0.471. The summed E-state index contributed by atoms with van der Waals surface area (Å²) in [5.41, 5.74) is 5.63. The summed E-state index contributed by atoms with van der Waals surface area (Å²) >= 11 is 0. The summed E-state index contributed by atoms with van der Waals surface area (Å²) in [6, 6.07) is 7.30. The molecule has 0 aliphatic heterocycles. The quantitative estimate of drug-likeness (QED) is 0.679. The van der Waals surface area contributed by atoms with Crippen LogP contribution < -0.4 is 16.4 Å². The molecule has 1 saturated carbocycles. The first-order valence-electron chi connectivity index (χ1n) is 8.09. The summed E-state index contributed by atoms with van der Waals surface area (Å²) in [5.74, 6) is -0.875. The average molecular weight is 333 g/mol. The molecule has 3 atom stereocenters. The van der Waals surface area contributed by atoms with Gasteiger partial charge in [-0.05, 0) is 44.2 Å². The number of carbonyl (C=O) groups excluding carboxylic acids is 3. The van der Waals surface area contributed by atoms with Crippen LogP contribution in [0.4, 0.5) is 4.79 Å². The monoisotopic (exact) mass is 333 g/mol. The molecule has 0 saturated heterocycles. The molecule has 1 aliphatic carbocycles. The largest absolute Gasteiger partial charge is 0.464 e. The minimum atomic E-state index is -0.739. The molecule has 0 radical (unpaired) electrons. The Kier molecular flexibility index (Phi) is 6.17. The molecule has 0 spiro atoms. The number of rotatable bonds is 6. The number of hydrogen-bond acceptors (Lipinski definition) is 4. The maximum atomic E-state index is 12.4. The second-order valence-corrected chi connectivity index (χ2v) is 5.85. The fourth-order valence-electron chi connectivity index (χ4n) is 3.07. The lowest BCUT2D eigenvalue weighted by atomic mass is 9.97. The highest BCUT2D eigenvalue weighted by Crippen LogP contribution is 2.29. The molecule has 24 heavy (non-hydrogen) atoms. The van der Waals surface area contributed by atoms with E-state index in [0.717, 1.165) is 0 Å². The van der Waals surface area contributed by atoms with E-state index < -0.39 is 18.0 Å². The SMILES string of the molecule is CCOC(=O)[C@H](NC(=O)c1ccccc1)[C@@H]1CC[C@H](NC(N)=O)C1. The number of nitrogens with two attached hydrogens (primary N) is 1. The molecule has 7 heteroatoms. The molecule has 0 unspecified atom stereocenters. The molecule has 0 heterocycles. The van der Waals surface area contributed by atoms with Gasteiger partial charge in [0, 0.05) is 11.6 Å². The van der Waals surface area contributed by atoms with Crippen molar-refractivity contribution >= 4 is 17.9 Å². The first kappa shape index (κ1) is 17.8. The number of hydrogen-bond donors (Lipinski definition) is 3. The molecular formula is C17H23N3O4. The van der Waals surface area contributed by atoms with Gasteiger partial charge < -0.3 is 21.1 Å². The molecular weight excluding hydrogens is 310 g/mol. The third kappa shape index (κ3) is 4.71. The van der Waals surface area contributed by atoms with Gasteiger partial charge in [0.05, 0.1) is 6.61 Å². The predicted molar refractivity (Wildman–Crippen MR) is 88.2 cm³/mol. The van der Waals surface area contributed by atoms with E-state index in [2.05, 4.69) is 10.6 Å². The number of ether oxygens (including phenoxy) is 1. The molecule has 1 aromatic carbocycles. The Bertz CT molecular complexity index is 591. The van der Waals surface area contributed by atoms with E-state index in [4.69, 9.17) is 10.5 Å². The van der Waals surface area contributed by atoms with Gasteiger partial charge in [0.25, 0.3) is 5.91 Å². The van der Waals surface area contributed by atoms with Gasteiger partial charge in [-0.2, -0.15) is 0 Å². The highest BCUT2D eigenvalue weighted by atomic mass is 16.5. The van der Waals surface area contributed by atoms with Gasteiger partial charge in [-0.3, -0.25) is 4.79 Å². The zero-order valence-electron chi connectivity index (χ0n) is 13.7. The third-order valence-corrected chi connectivity index (χ3v) is 4.15. The normalized spacial score (nSPS) is 20.9. The van der Waals surface area contributed by atoms with Crippen LogP contribution in [0, 0.1) is 5.92 Å².